The number of rotatable bonds is 6. The lowest BCUT2D eigenvalue weighted by Gasteiger charge is -2.33. The highest BCUT2D eigenvalue weighted by Crippen LogP contribution is 2.27. The van der Waals surface area contributed by atoms with Crippen molar-refractivity contribution in [2.45, 2.75) is 25.3 Å². The van der Waals surface area contributed by atoms with Crippen LogP contribution in [-0.4, -0.2) is 71.2 Å². The number of aromatic amines is 1. The number of nitriles is 1. The summed E-state index contributed by atoms with van der Waals surface area (Å²) < 4.78 is 20.9. The fourth-order valence-electron chi connectivity index (χ4n) is 3.91. The first kappa shape index (κ1) is 22.5. The summed E-state index contributed by atoms with van der Waals surface area (Å²) in [5.41, 5.74) is -0.124. The van der Waals surface area contributed by atoms with Crippen molar-refractivity contribution in [3.05, 3.63) is 34.5 Å². The highest BCUT2D eigenvalue weighted by molar-refractivity contribution is 5.78. The first-order chi connectivity index (χ1) is 16.0. The van der Waals surface area contributed by atoms with E-state index >= 15 is 4.39 Å². The van der Waals surface area contributed by atoms with E-state index < -0.39 is 5.82 Å². The normalized spacial score (nSPS) is 18.5. The van der Waals surface area contributed by atoms with Crippen molar-refractivity contribution in [3.63, 3.8) is 0 Å². The Bertz CT molecular complexity index is 1100. The zero-order valence-corrected chi connectivity index (χ0v) is 18.0. The van der Waals surface area contributed by atoms with Crippen molar-refractivity contribution < 1.29 is 13.9 Å². The van der Waals surface area contributed by atoms with Crippen LogP contribution < -0.4 is 21.1 Å². The number of likely N-dealkylation sites (tertiary alicyclic amines) is 1. The minimum absolute atomic E-state index is 0.0130. The Labute approximate surface area is 189 Å². The molecule has 3 N–H and O–H groups in total. The number of hydrogen-bond acceptors (Lipinski definition) is 9. The van der Waals surface area contributed by atoms with Gasteiger partial charge in [-0.05, 0) is 25.0 Å². The summed E-state index contributed by atoms with van der Waals surface area (Å²) in [4.78, 5) is 38.8. The van der Waals surface area contributed by atoms with Gasteiger partial charge in [0.25, 0.3) is 5.56 Å². The lowest BCUT2D eigenvalue weighted by molar-refractivity contribution is -0.131. The van der Waals surface area contributed by atoms with E-state index in [1.54, 1.807) is 21.9 Å². The van der Waals surface area contributed by atoms with Crippen LogP contribution in [0.2, 0.25) is 0 Å². The number of aromatic nitrogens is 3. The Morgan fingerprint density at radius 3 is 2.91 bits per heavy atom. The van der Waals surface area contributed by atoms with E-state index in [-0.39, 0.29) is 47.2 Å². The van der Waals surface area contributed by atoms with Crippen molar-refractivity contribution in [3.8, 4) is 6.07 Å². The van der Waals surface area contributed by atoms with Gasteiger partial charge >= 0.3 is 0 Å². The van der Waals surface area contributed by atoms with Gasteiger partial charge in [0.1, 0.15) is 12.1 Å². The van der Waals surface area contributed by atoms with Crippen molar-refractivity contribution in [2.24, 2.45) is 0 Å². The number of halogens is 1. The molecule has 1 unspecified atom stereocenters. The molecule has 1 amide bonds. The third-order valence-electron chi connectivity index (χ3n) is 5.55. The fraction of sp³-hybridized carbons (Fsp3) is 0.476. The van der Waals surface area contributed by atoms with Crippen LogP contribution in [-0.2, 0) is 9.53 Å². The predicted molar refractivity (Wildman–Crippen MR) is 119 cm³/mol. The van der Waals surface area contributed by atoms with Gasteiger partial charge in [-0.2, -0.15) is 19.6 Å². The highest BCUT2D eigenvalue weighted by Gasteiger charge is 2.27. The lowest BCUT2D eigenvalue weighted by Crippen LogP contribution is -2.45. The summed E-state index contributed by atoms with van der Waals surface area (Å²) in [6.07, 6.45) is 2.76. The van der Waals surface area contributed by atoms with E-state index in [0.717, 1.165) is 6.42 Å². The average molecular weight is 456 g/mol. The molecule has 2 aromatic heterocycles. The summed E-state index contributed by atoms with van der Waals surface area (Å²) in [6, 6.07) is 4.87. The molecule has 0 radical (unpaired) electrons. The van der Waals surface area contributed by atoms with Gasteiger partial charge in [-0.3, -0.25) is 9.59 Å². The number of H-pyrrole nitrogens is 1. The van der Waals surface area contributed by atoms with Crippen molar-refractivity contribution >= 4 is 29.2 Å². The molecule has 2 aliphatic heterocycles. The first-order valence-electron chi connectivity index (χ1n) is 10.8. The molecule has 2 saturated heterocycles. The molecule has 2 fully saturated rings. The van der Waals surface area contributed by atoms with Gasteiger partial charge in [0.15, 0.2) is 11.6 Å². The number of anilines is 4. The first-order valence-corrected chi connectivity index (χ1v) is 10.8. The molecule has 12 heteroatoms. The quantitative estimate of drug-likeness (QED) is 0.585. The number of morpholine rings is 1. The minimum atomic E-state index is -0.607. The molecule has 2 aromatic rings. The van der Waals surface area contributed by atoms with Crippen LogP contribution >= 0.6 is 0 Å². The van der Waals surface area contributed by atoms with E-state index in [1.165, 1.54) is 6.20 Å². The topological polar surface area (TPSA) is 139 Å². The number of nitrogens with zero attached hydrogens (tertiary/aromatic N) is 5. The molecule has 0 saturated carbocycles. The van der Waals surface area contributed by atoms with Crippen LogP contribution in [0.5, 0.6) is 0 Å². The van der Waals surface area contributed by atoms with Gasteiger partial charge < -0.3 is 30.2 Å². The predicted octanol–water partition coefficient (Wildman–Crippen LogP) is 1.20. The van der Waals surface area contributed by atoms with E-state index in [9.17, 15) is 9.59 Å². The second-order valence-corrected chi connectivity index (χ2v) is 7.83. The summed E-state index contributed by atoms with van der Waals surface area (Å²) >= 11 is 0. The molecule has 0 spiro atoms. The lowest BCUT2D eigenvalue weighted by atomic mass is 10.1. The molecule has 1 atom stereocenters. The molecular weight excluding hydrogens is 431 g/mol. The number of piperidine rings is 1. The fourth-order valence-corrected chi connectivity index (χ4v) is 3.91. The Hall–Kier alpha value is -3.72. The van der Waals surface area contributed by atoms with Crippen molar-refractivity contribution in [2.75, 3.05) is 54.9 Å². The number of pyridine rings is 1. The summed E-state index contributed by atoms with van der Waals surface area (Å²) in [7, 11) is 0. The number of carbonyl (C=O) groups is 1. The molecule has 0 aliphatic carbocycles. The summed E-state index contributed by atoms with van der Waals surface area (Å²) in [5, 5.41) is 14.8. The molecule has 11 nitrogen and oxygen atoms in total. The van der Waals surface area contributed by atoms with E-state index in [4.69, 9.17) is 10.00 Å². The smallest absolute Gasteiger partial charge is 0.271 e. The van der Waals surface area contributed by atoms with Crippen LogP contribution in [0.15, 0.2) is 23.1 Å². The van der Waals surface area contributed by atoms with Crippen molar-refractivity contribution in [1.29, 1.82) is 5.26 Å². The largest absolute Gasteiger partial charge is 0.378 e. The molecule has 2 aliphatic rings. The Kier molecular flexibility index (Phi) is 6.99. The average Bonchev–Trinajstić information content (AvgIpc) is 2.83. The van der Waals surface area contributed by atoms with Crippen LogP contribution in [0.4, 0.5) is 27.7 Å². The summed E-state index contributed by atoms with van der Waals surface area (Å²) in [5.74, 6) is -0.679. The van der Waals surface area contributed by atoms with E-state index in [1.807, 2.05) is 6.07 Å². The molecular formula is C21H25FN8O3. The van der Waals surface area contributed by atoms with Gasteiger partial charge in [0.2, 0.25) is 17.7 Å². The second kappa shape index (κ2) is 10.3. The number of amides is 1. The van der Waals surface area contributed by atoms with E-state index in [2.05, 4.69) is 25.6 Å². The third kappa shape index (κ3) is 5.38. The van der Waals surface area contributed by atoms with Gasteiger partial charge in [0, 0.05) is 38.4 Å². The second-order valence-electron chi connectivity index (χ2n) is 7.83. The van der Waals surface area contributed by atoms with Crippen LogP contribution in [0.3, 0.4) is 0 Å². The molecule has 4 heterocycles. The number of nitrogens with one attached hydrogen (secondary N) is 3. The monoisotopic (exact) mass is 456 g/mol. The number of ether oxygens (including phenoxy) is 1. The Morgan fingerprint density at radius 1 is 1.33 bits per heavy atom. The maximum Gasteiger partial charge on any atom is 0.271 e. The third-order valence-corrected chi connectivity index (χ3v) is 5.55. The van der Waals surface area contributed by atoms with Gasteiger partial charge in [-0.15, -0.1) is 0 Å². The zero-order valence-electron chi connectivity index (χ0n) is 18.0. The van der Waals surface area contributed by atoms with Gasteiger partial charge in [0.05, 0.1) is 19.3 Å². The minimum Gasteiger partial charge on any atom is -0.378 e. The molecule has 0 aromatic carbocycles. The molecule has 4 rings (SSSR count). The SMILES string of the molecule is N#CCC(=O)N1CCCC(Nc2nc(Nc3ccc[nH]c3=O)nc(N3CCOCC3)c2F)C1. The highest BCUT2D eigenvalue weighted by atomic mass is 19.1. The van der Waals surface area contributed by atoms with Crippen LogP contribution in [0, 0.1) is 17.1 Å². The Balaban J connectivity index is 1.61. The van der Waals surface area contributed by atoms with Gasteiger partial charge in [-0.1, -0.05) is 0 Å². The summed E-state index contributed by atoms with van der Waals surface area (Å²) in [6.45, 7) is 2.75. The maximum atomic E-state index is 15.5. The Morgan fingerprint density at radius 2 is 2.15 bits per heavy atom. The standard InChI is InChI=1S/C21H25FN8O3/c22-17-18(25-14-3-2-8-30(13-14)16(31)5-6-23)27-21(26-15-4-1-7-24-20(15)32)28-19(17)29-9-11-33-12-10-29/h1,4,7,14H,2-3,5,8-13H2,(H,24,32)(H2,25,26,27,28). The zero-order chi connectivity index (χ0) is 23.2. The van der Waals surface area contributed by atoms with E-state index in [0.29, 0.717) is 45.8 Å². The molecule has 0 bridgehead atoms. The maximum absolute atomic E-state index is 15.5. The van der Waals surface area contributed by atoms with Crippen LogP contribution in [0.1, 0.15) is 19.3 Å². The van der Waals surface area contributed by atoms with Gasteiger partial charge in [-0.25, -0.2) is 0 Å². The number of hydrogen-bond donors (Lipinski definition) is 3. The molecule has 174 valence electrons. The van der Waals surface area contributed by atoms with Crippen molar-refractivity contribution in [1.82, 2.24) is 19.9 Å². The van der Waals surface area contributed by atoms with Crippen LogP contribution in [0.25, 0.3) is 0 Å². The molecule has 33 heavy (non-hydrogen) atoms. The number of carbonyl (C=O) groups excluding carboxylic acids is 1.